The lowest BCUT2D eigenvalue weighted by molar-refractivity contribution is 0.646. The van der Waals surface area contributed by atoms with Gasteiger partial charge in [0.05, 0.1) is 11.4 Å². The molecule has 0 fully saturated rings. The zero-order valence-corrected chi connectivity index (χ0v) is 10.5. The van der Waals surface area contributed by atoms with E-state index in [0.29, 0.717) is 11.2 Å². The van der Waals surface area contributed by atoms with Crippen LogP contribution in [0.5, 0.6) is 0 Å². The van der Waals surface area contributed by atoms with Crippen molar-refractivity contribution in [1.29, 1.82) is 0 Å². The van der Waals surface area contributed by atoms with Crippen LogP contribution in [0.1, 0.15) is 26.0 Å². The predicted molar refractivity (Wildman–Crippen MR) is 67.1 cm³/mol. The Kier molecular flexibility index (Phi) is 4.08. The topological polar surface area (TPSA) is 41.9 Å². The summed E-state index contributed by atoms with van der Waals surface area (Å²) in [4.78, 5) is 0. The minimum atomic E-state index is 0.391. The van der Waals surface area contributed by atoms with Gasteiger partial charge < -0.3 is 10.6 Å². The fourth-order valence-corrected chi connectivity index (χ4v) is 1.52. The number of hydrogen-bond donors (Lipinski definition) is 2. The molecule has 0 amide bonds. The average molecular weight is 226 g/mol. The molecule has 1 unspecified atom stereocenters. The van der Waals surface area contributed by atoms with Gasteiger partial charge in [-0.15, -0.1) is 0 Å². The summed E-state index contributed by atoms with van der Waals surface area (Å²) in [5.74, 6) is 0. The minimum Gasteiger partial charge on any atom is -0.360 e. The Morgan fingerprint density at radius 3 is 2.80 bits per heavy atom. The number of aromatic nitrogens is 2. The van der Waals surface area contributed by atoms with Crippen molar-refractivity contribution in [3.63, 3.8) is 0 Å². The van der Waals surface area contributed by atoms with Crippen molar-refractivity contribution in [2.45, 2.75) is 33.2 Å². The summed E-state index contributed by atoms with van der Waals surface area (Å²) in [5, 5.41) is 11.2. The van der Waals surface area contributed by atoms with Gasteiger partial charge in [-0.1, -0.05) is 6.92 Å². The van der Waals surface area contributed by atoms with Crippen LogP contribution < -0.4 is 10.6 Å². The van der Waals surface area contributed by atoms with Gasteiger partial charge in [-0.05, 0) is 32.5 Å². The molecule has 5 heteroatoms. The summed E-state index contributed by atoms with van der Waals surface area (Å²) < 4.78 is 1.77. The summed E-state index contributed by atoms with van der Waals surface area (Å²) in [7, 11) is 1.89. The van der Waals surface area contributed by atoms with Crippen LogP contribution in [0.3, 0.4) is 0 Å². The Morgan fingerprint density at radius 2 is 2.33 bits per heavy atom. The molecule has 0 saturated carbocycles. The zero-order valence-electron chi connectivity index (χ0n) is 9.66. The molecule has 0 aliphatic carbocycles. The Hall–Kier alpha value is -1.10. The number of rotatable bonds is 3. The van der Waals surface area contributed by atoms with Crippen LogP contribution in [-0.4, -0.2) is 20.9 Å². The second kappa shape index (κ2) is 5.11. The third-order valence-corrected chi connectivity index (χ3v) is 2.47. The molecule has 1 aromatic rings. The van der Waals surface area contributed by atoms with Crippen molar-refractivity contribution in [1.82, 2.24) is 15.1 Å². The summed E-state index contributed by atoms with van der Waals surface area (Å²) >= 11 is 5.19. The van der Waals surface area contributed by atoms with Crippen molar-refractivity contribution < 1.29 is 0 Å². The van der Waals surface area contributed by atoms with Crippen LogP contribution in [0.15, 0.2) is 6.20 Å². The van der Waals surface area contributed by atoms with Gasteiger partial charge in [-0.2, -0.15) is 5.10 Å². The maximum absolute atomic E-state index is 5.19. The highest BCUT2D eigenvalue weighted by atomic mass is 32.1. The van der Waals surface area contributed by atoms with Crippen LogP contribution >= 0.6 is 12.2 Å². The number of hydrogen-bond acceptors (Lipinski definition) is 2. The number of anilines is 1. The monoisotopic (exact) mass is 226 g/mol. The molecule has 2 N–H and O–H groups in total. The lowest BCUT2D eigenvalue weighted by Gasteiger charge is -2.14. The standard InChI is InChI=1S/C10H18N4S/c1-5-7(2)11-10(15)12-9-6-14(4)13-8(9)3/h6-7H,5H2,1-4H3,(H2,11,12,15). The molecule has 1 rings (SSSR count). The smallest absolute Gasteiger partial charge is 0.171 e. The maximum Gasteiger partial charge on any atom is 0.171 e. The maximum atomic E-state index is 5.19. The molecule has 1 heterocycles. The molecule has 0 radical (unpaired) electrons. The van der Waals surface area contributed by atoms with Gasteiger partial charge in [0.15, 0.2) is 5.11 Å². The molecule has 0 aliphatic heterocycles. The van der Waals surface area contributed by atoms with Crippen LogP contribution in [0.2, 0.25) is 0 Å². The van der Waals surface area contributed by atoms with Crippen LogP contribution in [0.4, 0.5) is 5.69 Å². The lowest BCUT2D eigenvalue weighted by Crippen LogP contribution is -2.35. The van der Waals surface area contributed by atoms with E-state index in [1.165, 1.54) is 0 Å². The first-order valence-electron chi connectivity index (χ1n) is 5.10. The van der Waals surface area contributed by atoms with Gasteiger partial charge in [-0.3, -0.25) is 4.68 Å². The van der Waals surface area contributed by atoms with E-state index in [1.54, 1.807) is 4.68 Å². The predicted octanol–water partition coefficient (Wildman–Crippen LogP) is 1.81. The lowest BCUT2D eigenvalue weighted by atomic mass is 10.3. The molecule has 84 valence electrons. The van der Waals surface area contributed by atoms with E-state index < -0.39 is 0 Å². The largest absolute Gasteiger partial charge is 0.360 e. The molecule has 15 heavy (non-hydrogen) atoms. The van der Waals surface area contributed by atoms with E-state index in [-0.39, 0.29) is 0 Å². The van der Waals surface area contributed by atoms with Crippen LogP contribution in [0.25, 0.3) is 0 Å². The van der Waals surface area contributed by atoms with Gasteiger partial charge >= 0.3 is 0 Å². The SMILES string of the molecule is CCC(C)NC(=S)Nc1cn(C)nc1C. The van der Waals surface area contributed by atoms with E-state index in [0.717, 1.165) is 17.8 Å². The third-order valence-electron chi connectivity index (χ3n) is 2.25. The van der Waals surface area contributed by atoms with E-state index in [1.807, 2.05) is 20.2 Å². The fourth-order valence-electron chi connectivity index (χ4n) is 1.21. The molecular weight excluding hydrogens is 208 g/mol. The number of aryl methyl sites for hydroxylation is 2. The first-order valence-corrected chi connectivity index (χ1v) is 5.51. The summed E-state index contributed by atoms with van der Waals surface area (Å²) in [6, 6.07) is 0.391. The quantitative estimate of drug-likeness (QED) is 0.771. The van der Waals surface area contributed by atoms with Gasteiger partial charge in [0.25, 0.3) is 0 Å². The first-order chi connectivity index (χ1) is 7.02. The minimum absolute atomic E-state index is 0.391. The fraction of sp³-hybridized carbons (Fsp3) is 0.600. The van der Waals surface area contributed by atoms with E-state index in [2.05, 4.69) is 29.6 Å². The second-order valence-electron chi connectivity index (χ2n) is 3.71. The molecule has 0 aliphatic rings. The third kappa shape index (κ3) is 3.51. The molecule has 0 saturated heterocycles. The molecule has 1 aromatic heterocycles. The highest BCUT2D eigenvalue weighted by molar-refractivity contribution is 7.80. The zero-order chi connectivity index (χ0) is 11.4. The first kappa shape index (κ1) is 12.0. The normalized spacial score (nSPS) is 12.3. The Balaban J connectivity index is 2.55. The van der Waals surface area contributed by atoms with Crippen LogP contribution in [0, 0.1) is 6.92 Å². The molecule has 0 aromatic carbocycles. The second-order valence-corrected chi connectivity index (χ2v) is 4.12. The van der Waals surface area contributed by atoms with Gasteiger partial charge in [0.2, 0.25) is 0 Å². The van der Waals surface area contributed by atoms with Crippen molar-refractivity contribution in [3.8, 4) is 0 Å². The number of nitrogens with zero attached hydrogens (tertiary/aromatic N) is 2. The summed E-state index contributed by atoms with van der Waals surface area (Å²) in [6.45, 7) is 6.17. The van der Waals surface area contributed by atoms with Crippen molar-refractivity contribution in [2.24, 2.45) is 7.05 Å². The van der Waals surface area contributed by atoms with E-state index in [9.17, 15) is 0 Å². The van der Waals surface area contributed by atoms with Crippen molar-refractivity contribution in [2.75, 3.05) is 5.32 Å². The Bertz CT molecular complexity index is 345. The number of thiocarbonyl (C=S) groups is 1. The summed E-state index contributed by atoms with van der Waals surface area (Å²) in [5.41, 5.74) is 1.91. The highest BCUT2D eigenvalue weighted by Crippen LogP contribution is 2.10. The number of nitrogens with one attached hydrogen (secondary N) is 2. The molecule has 1 atom stereocenters. The van der Waals surface area contributed by atoms with Gasteiger partial charge in [-0.25, -0.2) is 0 Å². The summed E-state index contributed by atoms with van der Waals surface area (Å²) in [6.07, 6.45) is 2.97. The Labute approximate surface area is 96.1 Å². The average Bonchev–Trinajstić information content (AvgIpc) is 2.44. The van der Waals surface area contributed by atoms with Crippen molar-refractivity contribution >= 4 is 23.0 Å². The highest BCUT2D eigenvalue weighted by Gasteiger charge is 2.06. The van der Waals surface area contributed by atoms with Gasteiger partial charge in [0.1, 0.15) is 0 Å². The molecule has 0 bridgehead atoms. The van der Waals surface area contributed by atoms with Gasteiger partial charge in [0, 0.05) is 19.3 Å². The van der Waals surface area contributed by atoms with Crippen LogP contribution in [-0.2, 0) is 7.05 Å². The molecule has 0 spiro atoms. The van der Waals surface area contributed by atoms with E-state index in [4.69, 9.17) is 12.2 Å². The Morgan fingerprint density at radius 1 is 1.67 bits per heavy atom. The molecule has 4 nitrogen and oxygen atoms in total. The van der Waals surface area contributed by atoms with E-state index >= 15 is 0 Å². The van der Waals surface area contributed by atoms with Crippen molar-refractivity contribution in [3.05, 3.63) is 11.9 Å². The molecular formula is C10H18N4S.